The quantitative estimate of drug-likeness (QED) is 0.890. The second-order valence-electron chi connectivity index (χ2n) is 4.56. The summed E-state index contributed by atoms with van der Waals surface area (Å²) in [5, 5.41) is 11.6. The molecule has 21 heavy (non-hydrogen) atoms. The molecule has 6 heteroatoms. The van der Waals surface area contributed by atoms with Crippen molar-refractivity contribution in [2.45, 2.75) is 19.4 Å². The van der Waals surface area contributed by atoms with Crippen molar-refractivity contribution < 1.29 is 9.13 Å². The van der Waals surface area contributed by atoms with E-state index in [1.807, 2.05) is 19.1 Å². The van der Waals surface area contributed by atoms with E-state index < -0.39 is 5.82 Å². The maximum Gasteiger partial charge on any atom is 0.233 e. The summed E-state index contributed by atoms with van der Waals surface area (Å²) in [7, 11) is 1.54. The highest BCUT2D eigenvalue weighted by Gasteiger charge is 2.14. The first-order valence-corrected chi connectivity index (χ1v) is 7.06. The number of likely N-dealkylation sites (N-methyl/N-ethyl adjacent to an activating group) is 1. The Bertz CT molecular complexity index is 592. The third-order valence-corrected chi connectivity index (χ3v) is 3.41. The molecule has 4 nitrogen and oxygen atoms in total. The second-order valence-corrected chi connectivity index (χ2v) is 4.97. The number of ether oxygens (including phenoxy) is 1. The van der Waals surface area contributed by atoms with E-state index in [4.69, 9.17) is 16.3 Å². The minimum absolute atomic E-state index is 0.0472. The van der Waals surface area contributed by atoms with E-state index in [1.165, 1.54) is 6.07 Å². The third kappa shape index (κ3) is 4.12. The molecule has 2 aromatic rings. The van der Waals surface area contributed by atoms with Crippen LogP contribution in [0.4, 0.5) is 4.39 Å². The average molecular weight is 310 g/mol. The van der Waals surface area contributed by atoms with Gasteiger partial charge in [0.2, 0.25) is 5.88 Å². The molecule has 2 rings (SSSR count). The summed E-state index contributed by atoms with van der Waals surface area (Å²) < 4.78 is 18.5. The van der Waals surface area contributed by atoms with Crippen LogP contribution in [0.15, 0.2) is 30.3 Å². The smallest absolute Gasteiger partial charge is 0.233 e. The molecular formula is C15H17ClFN3O. The van der Waals surface area contributed by atoms with E-state index >= 15 is 0 Å². The Hall–Kier alpha value is -1.72. The zero-order valence-corrected chi connectivity index (χ0v) is 12.7. The van der Waals surface area contributed by atoms with Crippen LogP contribution in [0.3, 0.4) is 0 Å². The lowest BCUT2D eigenvalue weighted by molar-refractivity contribution is 0.389. The number of nitrogens with one attached hydrogen (secondary N) is 1. The number of methoxy groups -OCH3 is 1. The monoisotopic (exact) mass is 309 g/mol. The zero-order valence-electron chi connectivity index (χ0n) is 11.9. The number of nitrogens with zero attached hydrogens (tertiary/aromatic N) is 2. The first-order chi connectivity index (χ1) is 10.1. The summed E-state index contributed by atoms with van der Waals surface area (Å²) in [6.07, 6.45) is 0.600. The molecule has 1 aromatic heterocycles. The highest BCUT2D eigenvalue weighted by atomic mass is 35.5. The Morgan fingerprint density at radius 3 is 2.67 bits per heavy atom. The van der Waals surface area contributed by atoms with Crippen LogP contribution in [0, 0.1) is 5.82 Å². The number of hydrogen-bond acceptors (Lipinski definition) is 4. The second kappa shape index (κ2) is 7.33. The molecule has 0 aliphatic heterocycles. The molecule has 1 N–H and O–H groups in total. The van der Waals surface area contributed by atoms with Crippen molar-refractivity contribution in [3.8, 4) is 5.88 Å². The molecular weight excluding hydrogens is 293 g/mol. The van der Waals surface area contributed by atoms with E-state index in [0.717, 1.165) is 17.8 Å². The molecule has 1 heterocycles. The predicted octanol–water partition coefficient (Wildman–Crippen LogP) is 3.17. The number of benzene rings is 1. The Labute approximate surface area is 128 Å². The molecule has 0 fully saturated rings. The Balaban J connectivity index is 2.19. The maximum absolute atomic E-state index is 13.5. The van der Waals surface area contributed by atoms with Crippen molar-refractivity contribution in [2.24, 2.45) is 0 Å². The molecule has 0 amide bonds. The van der Waals surface area contributed by atoms with Gasteiger partial charge in [-0.25, -0.2) is 4.39 Å². The summed E-state index contributed by atoms with van der Waals surface area (Å²) in [6.45, 7) is 2.78. The van der Waals surface area contributed by atoms with Crippen molar-refractivity contribution in [3.63, 3.8) is 0 Å². The first kappa shape index (κ1) is 15.7. The maximum atomic E-state index is 13.5. The predicted molar refractivity (Wildman–Crippen MR) is 80.1 cm³/mol. The van der Waals surface area contributed by atoms with Crippen LogP contribution in [-0.4, -0.2) is 23.9 Å². The lowest BCUT2D eigenvalue weighted by Crippen LogP contribution is -2.24. The van der Waals surface area contributed by atoms with Crippen molar-refractivity contribution in [1.29, 1.82) is 0 Å². The van der Waals surface area contributed by atoms with Gasteiger partial charge in [-0.1, -0.05) is 24.6 Å². The minimum Gasteiger partial charge on any atom is -0.480 e. The summed E-state index contributed by atoms with van der Waals surface area (Å²) in [5.74, 6) is 0.0526. The Morgan fingerprint density at radius 1 is 1.29 bits per heavy atom. The minimum atomic E-state index is -0.412. The molecule has 112 valence electrons. The molecule has 0 spiro atoms. The molecule has 0 saturated carbocycles. The van der Waals surface area contributed by atoms with Crippen LogP contribution in [0.25, 0.3) is 0 Å². The van der Waals surface area contributed by atoms with Crippen molar-refractivity contribution in [3.05, 3.63) is 52.4 Å². The van der Waals surface area contributed by atoms with Gasteiger partial charge in [0.1, 0.15) is 5.82 Å². The van der Waals surface area contributed by atoms with Crippen molar-refractivity contribution in [1.82, 2.24) is 15.5 Å². The van der Waals surface area contributed by atoms with Crippen molar-refractivity contribution >= 4 is 11.6 Å². The Kier molecular flexibility index (Phi) is 5.47. The highest BCUT2D eigenvalue weighted by Crippen LogP contribution is 2.21. The van der Waals surface area contributed by atoms with Gasteiger partial charge in [-0.2, -0.15) is 5.10 Å². The highest BCUT2D eigenvalue weighted by molar-refractivity contribution is 6.30. The van der Waals surface area contributed by atoms with Gasteiger partial charge in [-0.05, 0) is 36.7 Å². The largest absolute Gasteiger partial charge is 0.480 e. The standard InChI is InChI=1S/C15H17ClFN3O/c1-3-18-14(13-6-7-15(21-2)20-19-13)9-10-4-5-11(16)12(17)8-10/h4-8,14,18H,3,9H2,1-2H3. The van der Waals surface area contributed by atoms with Gasteiger partial charge in [0.15, 0.2) is 0 Å². The summed E-state index contributed by atoms with van der Waals surface area (Å²) in [4.78, 5) is 0. The average Bonchev–Trinajstić information content (AvgIpc) is 2.50. The number of halogens is 2. The first-order valence-electron chi connectivity index (χ1n) is 6.69. The van der Waals surface area contributed by atoms with Gasteiger partial charge in [0.05, 0.1) is 23.9 Å². The number of hydrogen-bond donors (Lipinski definition) is 1. The molecule has 1 atom stereocenters. The fourth-order valence-corrected chi connectivity index (χ4v) is 2.17. The van der Waals surface area contributed by atoms with E-state index in [0.29, 0.717) is 12.3 Å². The fraction of sp³-hybridized carbons (Fsp3) is 0.333. The summed E-state index contributed by atoms with van der Waals surface area (Å²) >= 11 is 5.70. The van der Waals surface area contributed by atoms with Gasteiger partial charge in [-0.3, -0.25) is 0 Å². The molecule has 0 radical (unpaired) electrons. The van der Waals surface area contributed by atoms with E-state index in [9.17, 15) is 4.39 Å². The fourth-order valence-electron chi connectivity index (χ4n) is 2.06. The third-order valence-electron chi connectivity index (χ3n) is 3.10. The van der Waals surface area contributed by atoms with E-state index in [2.05, 4.69) is 15.5 Å². The van der Waals surface area contributed by atoms with Gasteiger partial charge in [0.25, 0.3) is 0 Å². The van der Waals surface area contributed by atoms with Gasteiger partial charge < -0.3 is 10.1 Å². The molecule has 0 bridgehead atoms. The van der Waals surface area contributed by atoms with Crippen LogP contribution in [0.5, 0.6) is 5.88 Å². The molecule has 0 aliphatic carbocycles. The molecule has 1 aromatic carbocycles. The van der Waals surface area contributed by atoms with Crippen molar-refractivity contribution in [2.75, 3.05) is 13.7 Å². The zero-order chi connectivity index (χ0) is 15.2. The van der Waals surface area contributed by atoms with Crippen LogP contribution >= 0.6 is 11.6 Å². The lowest BCUT2D eigenvalue weighted by Gasteiger charge is -2.17. The topological polar surface area (TPSA) is 47.0 Å². The van der Waals surface area contributed by atoms with Crippen LogP contribution < -0.4 is 10.1 Å². The molecule has 0 aliphatic rings. The summed E-state index contributed by atoms with van der Waals surface area (Å²) in [5.41, 5.74) is 1.63. The number of rotatable bonds is 6. The molecule has 0 saturated heterocycles. The van der Waals surface area contributed by atoms with Crippen LogP contribution in [0.1, 0.15) is 24.2 Å². The number of aromatic nitrogens is 2. The summed E-state index contributed by atoms with van der Waals surface area (Å²) in [6, 6.07) is 8.39. The van der Waals surface area contributed by atoms with Gasteiger partial charge in [0, 0.05) is 6.07 Å². The Morgan fingerprint density at radius 2 is 2.10 bits per heavy atom. The van der Waals surface area contributed by atoms with E-state index in [-0.39, 0.29) is 11.1 Å². The SMILES string of the molecule is CCNC(Cc1ccc(Cl)c(F)c1)c1ccc(OC)nn1. The van der Waals surface area contributed by atoms with Gasteiger partial charge >= 0.3 is 0 Å². The van der Waals surface area contributed by atoms with E-state index in [1.54, 1.807) is 19.2 Å². The normalized spacial score (nSPS) is 12.2. The van der Waals surface area contributed by atoms with Crippen LogP contribution in [0.2, 0.25) is 5.02 Å². The molecule has 1 unspecified atom stereocenters. The lowest BCUT2D eigenvalue weighted by atomic mass is 10.0. The van der Waals surface area contributed by atoms with Gasteiger partial charge in [-0.15, -0.1) is 5.10 Å². The van der Waals surface area contributed by atoms with Crippen LogP contribution in [-0.2, 0) is 6.42 Å².